The van der Waals surface area contributed by atoms with Gasteiger partial charge in [-0.2, -0.15) is 5.26 Å². The summed E-state index contributed by atoms with van der Waals surface area (Å²) in [6.07, 6.45) is -2.86. The zero-order valence-corrected chi connectivity index (χ0v) is 9.26. The van der Waals surface area contributed by atoms with E-state index in [1.54, 1.807) is 6.07 Å². The normalized spacial score (nSPS) is 10.2. The van der Waals surface area contributed by atoms with E-state index >= 15 is 0 Å². The molecule has 6 heteroatoms. The third-order valence-electron chi connectivity index (χ3n) is 1.99. The maximum atomic E-state index is 12.7. The number of rotatable bonds is 4. The Morgan fingerprint density at radius 1 is 1.62 bits per heavy atom. The third-order valence-corrected chi connectivity index (χ3v) is 2.28. The van der Waals surface area contributed by atoms with Gasteiger partial charge in [-0.15, -0.1) is 11.6 Å². The molecule has 16 heavy (non-hydrogen) atoms. The first-order valence-electron chi connectivity index (χ1n) is 4.41. The Hall–Kier alpha value is -1.41. The Bertz CT molecular complexity index is 418. The number of ether oxygens (including phenoxy) is 1. The third kappa shape index (κ3) is 2.58. The van der Waals surface area contributed by atoms with Gasteiger partial charge in [-0.05, 0) is 6.07 Å². The molecule has 0 saturated carbocycles. The summed E-state index contributed by atoms with van der Waals surface area (Å²) in [4.78, 5) is 3.86. The van der Waals surface area contributed by atoms with Crippen LogP contribution in [0.4, 0.5) is 8.78 Å². The van der Waals surface area contributed by atoms with Crippen LogP contribution >= 0.6 is 11.6 Å². The number of nitriles is 1. The molecule has 0 aliphatic rings. The molecule has 1 aromatic rings. The zero-order valence-electron chi connectivity index (χ0n) is 8.51. The average molecular weight is 247 g/mol. The standard InChI is InChI=1S/C10H9ClF2N2O/c1-16-10-6(5-11)4-7(9(12)13)8(15-10)2-3-14/h4,9H,2,5H2,1H3. The van der Waals surface area contributed by atoms with Crippen molar-refractivity contribution in [2.45, 2.75) is 18.7 Å². The second kappa shape index (κ2) is 5.61. The maximum absolute atomic E-state index is 12.7. The van der Waals surface area contributed by atoms with Crippen LogP contribution in [0.25, 0.3) is 0 Å². The fourth-order valence-corrected chi connectivity index (χ4v) is 1.46. The van der Waals surface area contributed by atoms with E-state index in [0.29, 0.717) is 5.56 Å². The van der Waals surface area contributed by atoms with Crippen LogP contribution in [0.3, 0.4) is 0 Å². The molecule has 3 nitrogen and oxygen atoms in total. The van der Waals surface area contributed by atoms with Gasteiger partial charge in [0.15, 0.2) is 0 Å². The van der Waals surface area contributed by atoms with E-state index in [1.165, 1.54) is 13.2 Å². The molecule has 0 fully saturated rings. The van der Waals surface area contributed by atoms with Gasteiger partial charge in [0.25, 0.3) is 6.43 Å². The molecule has 86 valence electrons. The average Bonchev–Trinajstić information content (AvgIpc) is 2.28. The first-order valence-corrected chi connectivity index (χ1v) is 4.95. The minimum Gasteiger partial charge on any atom is -0.481 e. The molecule has 0 spiro atoms. The summed E-state index contributed by atoms with van der Waals surface area (Å²) in [5, 5.41) is 8.51. The van der Waals surface area contributed by atoms with Gasteiger partial charge in [-0.3, -0.25) is 0 Å². The summed E-state index contributed by atoms with van der Waals surface area (Å²) in [6, 6.07) is 3.02. The van der Waals surface area contributed by atoms with Crippen LogP contribution in [0.2, 0.25) is 0 Å². The predicted octanol–water partition coefficient (Wildman–Crippen LogP) is 2.83. The Balaban J connectivity index is 3.30. The van der Waals surface area contributed by atoms with Gasteiger partial charge in [0.1, 0.15) is 0 Å². The van der Waals surface area contributed by atoms with Crippen LogP contribution in [-0.4, -0.2) is 12.1 Å². The highest BCUT2D eigenvalue weighted by molar-refractivity contribution is 6.17. The van der Waals surface area contributed by atoms with Crippen LogP contribution in [-0.2, 0) is 12.3 Å². The van der Waals surface area contributed by atoms with Gasteiger partial charge in [-0.25, -0.2) is 13.8 Å². The molecule has 1 heterocycles. The number of hydrogen-bond donors (Lipinski definition) is 0. The highest BCUT2D eigenvalue weighted by Crippen LogP contribution is 2.28. The van der Waals surface area contributed by atoms with Gasteiger partial charge >= 0.3 is 0 Å². The summed E-state index contributed by atoms with van der Waals surface area (Å²) in [7, 11) is 1.37. The maximum Gasteiger partial charge on any atom is 0.265 e. The quantitative estimate of drug-likeness (QED) is 0.768. The molecular weight excluding hydrogens is 238 g/mol. The highest BCUT2D eigenvalue weighted by Gasteiger charge is 2.18. The SMILES string of the molecule is COc1nc(CC#N)c(C(F)F)cc1CCl. The number of alkyl halides is 3. The second-order valence-corrected chi connectivity index (χ2v) is 3.23. The number of halogens is 3. The minimum absolute atomic E-state index is 0.0305. The van der Waals surface area contributed by atoms with Crippen molar-refractivity contribution in [2.24, 2.45) is 0 Å². The van der Waals surface area contributed by atoms with Crippen molar-refractivity contribution in [1.82, 2.24) is 4.98 Å². The number of pyridine rings is 1. The Morgan fingerprint density at radius 2 is 2.31 bits per heavy atom. The second-order valence-electron chi connectivity index (χ2n) is 2.96. The van der Waals surface area contributed by atoms with E-state index in [0.717, 1.165) is 0 Å². The van der Waals surface area contributed by atoms with Gasteiger partial charge in [0.2, 0.25) is 5.88 Å². The molecule has 0 N–H and O–H groups in total. The van der Waals surface area contributed by atoms with Crippen LogP contribution in [0, 0.1) is 11.3 Å². The summed E-state index contributed by atoms with van der Waals surface area (Å²) >= 11 is 5.59. The van der Waals surface area contributed by atoms with E-state index in [2.05, 4.69) is 4.98 Å². The predicted molar refractivity (Wildman–Crippen MR) is 54.6 cm³/mol. The Labute approximate surface area is 96.6 Å². The molecule has 1 aromatic heterocycles. The lowest BCUT2D eigenvalue weighted by molar-refractivity contribution is 0.149. The number of nitrogens with zero attached hydrogens (tertiary/aromatic N) is 2. The molecule has 0 aliphatic carbocycles. The lowest BCUT2D eigenvalue weighted by atomic mass is 10.1. The minimum atomic E-state index is -2.68. The first kappa shape index (κ1) is 12.7. The largest absolute Gasteiger partial charge is 0.481 e. The van der Waals surface area contributed by atoms with Gasteiger partial charge in [0, 0.05) is 11.1 Å². The fourth-order valence-electron chi connectivity index (χ4n) is 1.27. The summed E-state index contributed by atoms with van der Waals surface area (Å²) in [5.74, 6) is 0.215. The molecule has 0 unspecified atom stereocenters. The van der Waals surface area contributed by atoms with Crippen molar-refractivity contribution in [3.05, 3.63) is 22.9 Å². The molecule has 0 aromatic carbocycles. The number of aromatic nitrogens is 1. The topological polar surface area (TPSA) is 45.9 Å². The lowest BCUT2D eigenvalue weighted by Crippen LogP contribution is -2.03. The smallest absolute Gasteiger partial charge is 0.265 e. The van der Waals surface area contributed by atoms with Crippen molar-refractivity contribution in [1.29, 1.82) is 5.26 Å². The fraction of sp³-hybridized carbons (Fsp3) is 0.400. The molecule has 0 atom stereocenters. The van der Waals surface area contributed by atoms with E-state index in [9.17, 15) is 8.78 Å². The summed E-state index contributed by atoms with van der Waals surface area (Å²) < 4.78 is 30.2. The summed E-state index contributed by atoms with van der Waals surface area (Å²) in [6.45, 7) is 0. The molecule has 0 aliphatic heterocycles. The van der Waals surface area contributed by atoms with Crippen molar-refractivity contribution in [3.63, 3.8) is 0 Å². The van der Waals surface area contributed by atoms with Crippen molar-refractivity contribution < 1.29 is 13.5 Å². The summed E-state index contributed by atoms with van der Waals surface area (Å²) in [5.41, 5.74) is 0.155. The molecule has 0 amide bonds. The van der Waals surface area contributed by atoms with E-state index < -0.39 is 6.43 Å². The monoisotopic (exact) mass is 246 g/mol. The van der Waals surface area contributed by atoms with Crippen LogP contribution in [0.1, 0.15) is 23.2 Å². The lowest BCUT2D eigenvalue weighted by Gasteiger charge is -2.11. The number of hydrogen-bond acceptors (Lipinski definition) is 3. The van der Waals surface area contributed by atoms with Gasteiger partial charge in [-0.1, -0.05) is 0 Å². The Kier molecular flexibility index (Phi) is 4.44. The zero-order chi connectivity index (χ0) is 12.1. The first-order chi connectivity index (χ1) is 7.63. The Morgan fingerprint density at radius 3 is 2.75 bits per heavy atom. The molecular formula is C10H9ClF2N2O. The van der Waals surface area contributed by atoms with Crippen molar-refractivity contribution >= 4 is 11.6 Å². The van der Waals surface area contributed by atoms with E-state index in [1.807, 2.05) is 0 Å². The van der Waals surface area contributed by atoms with E-state index in [-0.39, 0.29) is 29.4 Å². The number of methoxy groups -OCH3 is 1. The molecule has 0 radical (unpaired) electrons. The van der Waals surface area contributed by atoms with Gasteiger partial charge < -0.3 is 4.74 Å². The molecule has 1 rings (SSSR count). The van der Waals surface area contributed by atoms with Crippen molar-refractivity contribution in [3.8, 4) is 11.9 Å². The van der Waals surface area contributed by atoms with Gasteiger partial charge in [0.05, 0.1) is 31.2 Å². The molecule has 0 bridgehead atoms. The van der Waals surface area contributed by atoms with E-state index in [4.69, 9.17) is 21.6 Å². The van der Waals surface area contributed by atoms with Crippen molar-refractivity contribution in [2.75, 3.05) is 7.11 Å². The van der Waals surface area contributed by atoms with Crippen LogP contribution < -0.4 is 4.74 Å². The highest BCUT2D eigenvalue weighted by atomic mass is 35.5. The van der Waals surface area contributed by atoms with Crippen LogP contribution in [0.15, 0.2) is 6.07 Å². The van der Waals surface area contributed by atoms with Crippen LogP contribution in [0.5, 0.6) is 5.88 Å². The molecule has 0 saturated heterocycles.